The zero-order valence-corrected chi connectivity index (χ0v) is 15.5. The van der Waals surface area contributed by atoms with Gasteiger partial charge in [-0.3, -0.25) is 9.89 Å². The molecule has 7 nitrogen and oxygen atoms in total. The lowest BCUT2D eigenvalue weighted by Crippen LogP contribution is -2.53. The molecule has 26 heavy (non-hydrogen) atoms. The molecule has 1 fully saturated rings. The van der Waals surface area contributed by atoms with Crippen LogP contribution in [-0.2, 0) is 0 Å². The highest BCUT2D eigenvalue weighted by molar-refractivity contribution is 5.93. The SMILES string of the molecule is COc1ccc(-c2cc(C(=O)N3CC[C@H](CO)[C@H](N(C)C)C3)[nH]n2)cc1. The van der Waals surface area contributed by atoms with Crippen LogP contribution in [0, 0.1) is 5.92 Å². The van der Waals surface area contributed by atoms with Crippen molar-refractivity contribution in [2.75, 3.05) is 40.9 Å². The molecule has 3 rings (SSSR count). The average Bonchev–Trinajstić information content (AvgIpc) is 3.17. The Kier molecular flexibility index (Phi) is 5.58. The summed E-state index contributed by atoms with van der Waals surface area (Å²) >= 11 is 0. The number of nitrogens with one attached hydrogen (secondary N) is 1. The third-order valence-corrected chi connectivity index (χ3v) is 5.10. The molecule has 1 amide bonds. The maximum atomic E-state index is 12.9. The molecule has 2 atom stereocenters. The van der Waals surface area contributed by atoms with Gasteiger partial charge in [-0.2, -0.15) is 5.10 Å². The summed E-state index contributed by atoms with van der Waals surface area (Å²) in [5.74, 6) is 0.924. The number of benzene rings is 1. The number of hydrogen-bond acceptors (Lipinski definition) is 5. The first-order chi connectivity index (χ1) is 12.5. The van der Waals surface area contributed by atoms with E-state index in [1.165, 1.54) is 0 Å². The molecular formula is C19H26N4O3. The predicted molar refractivity (Wildman–Crippen MR) is 99.1 cm³/mol. The minimum Gasteiger partial charge on any atom is -0.497 e. The van der Waals surface area contributed by atoms with E-state index < -0.39 is 0 Å². The van der Waals surface area contributed by atoms with E-state index in [-0.39, 0.29) is 24.5 Å². The van der Waals surface area contributed by atoms with E-state index >= 15 is 0 Å². The fourth-order valence-corrected chi connectivity index (χ4v) is 3.47. The number of hydrogen-bond donors (Lipinski definition) is 2. The lowest BCUT2D eigenvalue weighted by Gasteiger charge is -2.40. The summed E-state index contributed by atoms with van der Waals surface area (Å²) in [5, 5.41) is 16.7. The van der Waals surface area contributed by atoms with Gasteiger partial charge in [0, 0.05) is 37.2 Å². The molecule has 1 aliphatic rings. The van der Waals surface area contributed by atoms with Gasteiger partial charge in [0.25, 0.3) is 5.91 Å². The summed E-state index contributed by atoms with van der Waals surface area (Å²) in [4.78, 5) is 16.8. The van der Waals surface area contributed by atoms with Crippen molar-refractivity contribution < 1.29 is 14.6 Å². The van der Waals surface area contributed by atoms with Gasteiger partial charge in [0.1, 0.15) is 11.4 Å². The molecule has 0 spiro atoms. The number of likely N-dealkylation sites (tertiary alicyclic amines) is 1. The quantitative estimate of drug-likeness (QED) is 0.846. The van der Waals surface area contributed by atoms with Gasteiger partial charge >= 0.3 is 0 Å². The number of methoxy groups -OCH3 is 1. The van der Waals surface area contributed by atoms with Crippen LogP contribution in [0.3, 0.4) is 0 Å². The van der Waals surface area contributed by atoms with Gasteiger partial charge in [-0.1, -0.05) is 0 Å². The molecule has 1 aromatic heterocycles. The van der Waals surface area contributed by atoms with E-state index in [1.54, 1.807) is 13.2 Å². The van der Waals surface area contributed by atoms with E-state index in [0.717, 1.165) is 23.4 Å². The second-order valence-electron chi connectivity index (χ2n) is 6.91. The number of aliphatic hydroxyl groups excluding tert-OH is 1. The second-order valence-corrected chi connectivity index (χ2v) is 6.91. The first kappa shape index (κ1) is 18.4. The molecule has 7 heteroatoms. The third kappa shape index (κ3) is 3.73. The van der Waals surface area contributed by atoms with Crippen molar-refractivity contribution in [3.8, 4) is 17.0 Å². The summed E-state index contributed by atoms with van der Waals surface area (Å²) < 4.78 is 5.16. The molecule has 2 aromatic rings. The van der Waals surface area contributed by atoms with Gasteiger partial charge in [-0.25, -0.2) is 0 Å². The Morgan fingerprint density at radius 3 is 2.73 bits per heavy atom. The van der Waals surface area contributed by atoms with Crippen LogP contribution in [0.5, 0.6) is 5.75 Å². The fraction of sp³-hybridized carbons (Fsp3) is 0.474. The number of aromatic nitrogens is 2. The Hall–Kier alpha value is -2.38. The smallest absolute Gasteiger partial charge is 0.271 e. The third-order valence-electron chi connectivity index (χ3n) is 5.10. The zero-order valence-electron chi connectivity index (χ0n) is 15.5. The number of carbonyl (C=O) groups is 1. The lowest BCUT2D eigenvalue weighted by atomic mass is 9.91. The van der Waals surface area contributed by atoms with E-state index in [4.69, 9.17) is 4.74 Å². The van der Waals surface area contributed by atoms with Crippen molar-refractivity contribution >= 4 is 5.91 Å². The molecule has 2 heterocycles. The first-order valence-electron chi connectivity index (χ1n) is 8.80. The van der Waals surface area contributed by atoms with Crippen molar-refractivity contribution in [3.05, 3.63) is 36.0 Å². The Labute approximate surface area is 153 Å². The topological polar surface area (TPSA) is 81.7 Å². The van der Waals surface area contributed by atoms with Crippen molar-refractivity contribution in [3.63, 3.8) is 0 Å². The van der Waals surface area contributed by atoms with Crippen LogP contribution in [0.1, 0.15) is 16.9 Å². The molecule has 1 aliphatic heterocycles. The van der Waals surface area contributed by atoms with Crippen LogP contribution >= 0.6 is 0 Å². The van der Waals surface area contributed by atoms with Gasteiger partial charge in [0.05, 0.1) is 12.8 Å². The monoisotopic (exact) mass is 358 g/mol. The molecule has 0 bridgehead atoms. The van der Waals surface area contributed by atoms with E-state index in [1.807, 2.05) is 43.3 Å². The van der Waals surface area contributed by atoms with E-state index in [0.29, 0.717) is 18.8 Å². The number of H-pyrrole nitrogens is 1. The van der Waals surface area contributed by atoms with Crippen LogP contribution in [-0.4, -0.2) is 78.0 Å². The van der Waals surface area contributed by atoms with Crippen LogP contribution in [0.4, 0.5) is 0 Å². The lowest BCUT2D eigenvalue weighted by molar-refractivity contribution is 0.0375. The maximum Gasteiger partial charge on any atom is 0.271 e. The summed E-state index contributed by atoms with van der Waals surface area (Å²) in [6.45, 7) is 1.40. The summed E-state index contributed by atoms with van der Waals surface area (Å²) in [6.07, 6.45) is 0.796. The number of ether oxygens (including phenoxy) is 1. The molecule has 140 valence electrons. The molecule has 2 N–H and O–H groups in total. The highest BCUT2D eigenvalue weighted by atomic mass is 16.5. The van der Waals surface area contributed by atoms with Gasteiger partial charge in [0.15, 0.2) is 0 Å². The van der Waals surface area contributed by atoms with Gasteiger partial charge < -0.3 is 19.6 Å². The Balaban J connectivity index is 1.73. The largest absolute Gasteiger partial charge is 0.497 e. The van der Waals surface area contributed by atoms with Crippen LogP contribution in [0.25, 0.3) is 11.3 Å². The molecule has 0 saturated carbocycles. The highest BCUT2D eigenvalue weighted by Crippen LogP contribution is 2.24. The van der Waals surface area contributed by atoms with Crippen molar-refractivity contribution in [1.29, 1.82) is 0 Å². The Morgan fingerprint density at radius 2 is 2.12 bits per heavy atom. The van der Waals surface area contributed by atoms with E-state index in [9.17, 15) is 9.90 Å². The number of nitrogens with zero attached hydrogens (tertiary/aromatic N) is 3. The Bertz CT molecular complexity index is 741. The van der Waals surface area contributed by atoms with Gasteiger partial charge in [0.2, 0.25) is 0 Å². The van der Waals surface area contributed by atoms with Gasteiger partial charge in [-0.15, -0.1) is 0 Å². The molecule has 0 unspecified atom stereocenters. The minimum atomic E-state index is -0.0551. The first-order valence-corrected chi connectivity index (χ1v) is 8.80. The molecule has 1 aromatic carbocycles. The normalized spacial score (nSPS) is 20.4. The average molecular weight is 358 g/mol. The van der Waals surface area contributed by atoms with Crippen molar-refractivity contribution in [2.45, 2.75) is 12.5 Å². The van der Waals surface area contributed by atoms with Gasteiger partial charge in [-0.05, 0) is 50.8 Å². The highest BCUT2D eigenvalue weighted by Gasteiger charge is 2.33. The molecule has 0 radical (unpaired) electrons. The van der Waals surface area contributed by atoms with Crippen molar-refractivity contribution in [2.24, 2.45) is 5.92 Å². The number of piperidine rings is 1. The number of aromatic amines is 1. The summed E-state index contributed by atoms with van der Waals surface area (Å²) in [7, 11) is 5.60. The summed E-state index contributed by atoms with van der Waals surface area (Å²) in [6, 6.07) is 9.50. The molecule has 1 saturated heterocycles. The van der Waals surface area contributed by atoms with Crippen LogP contribution in [0.15, 0.2) is 30.3 Å². The van der Waals surface area contributed by atoms with Crippen molar-refractivity contribution in [1.82, 2.24) is 20.0 Å². The summed E-state index contributed by atoms with van der Waals surface area (Å²) in [5.41, 5.74) is 2.13. The number of likely N-dealkylation sites (N-methyl/N-ethyl adjacent to an activating group) is 1. The van der Waals surface area contributed by atoms with E-state index in [2.05, 4.69) is 15.1 Å². The zero-order chi connectivity index (χ0) is 18.7. The fourth-order valence-electron chi connectivity index (χ4n) is 3.47. The molecule has 0 aliphatic carbocycles. The standard InChI is InChI=1S/C19H26N4O3/c1-22(2)18-11-23(9-8-14(18)12-24)19(25)17-10-16(20-21-17)13-4-6-15(26-3)7-5-13/h4-7,10,14,18,24H,8-9,11-12H2,1-3H3,(H,20,21)/t14-,18-/m1/s1. The minimum absolute atomic E-state index is 0.0551. The Morgan fingerprint density at radius 1 is 1.38 bits per heavy atom. The number of aliphatic hydroxyl groups is 1. The molecular weight excluding hydrogens is 332 g/mol. The predicted octanol–water partition coefficient (Wildman–Crippen LogP) is 1.47. The number of carbonyl (C=O) groups excluding carboxylic acids is 1. The maximum absolute atomic E-state index is 12.9. The van der Waals surface area contributed by atoms with Crippen LogP contribution in [0.2, 0.25) is 0 Å². The number of rotatable bonds is 5. The number of amides is 1. The van der Waals surface area contributed by atoms with Crippen LogP contribution < -0.4 is 4.74 Å². The second kappa shape index (κ2) is 7.88.